The molecular formula is C57H43N. The standard InChI is InChI=1S/C57H43N/c1-57(2)52-30-16-14-27-49(52)51-39-44(35-38-53(51)57)40-33-36-45(37-34-40)58(54-31-17-15-26-47(54)42-21-8-4-9-22-42)55-32-18-29-48(43-23-10-5-11-24-43)56(55)50-28-13-12-25-46(50)41-19-6-3-7-20-41/h3-39H,1-2H3. The van der Waals surface area contributed by atoms with Crippen molar-refractivity contribution in [1.82, 2.24) is 0 Å². The first-order valence-corrected chi connectivity index (χ1v) is 20.2. The fraction of sp³-hybridized carbons (Fsp3) is 0.0526. The maximum Gasteiger partial charge on any atom is 0.0546 e. The molecule has 276 valence electrons. The molecular weight excluding hydrogens is 699 g/mol. The zero-order valence-corrected chi connectivity index (χ0v) is 32.8. The van der Waals surface area contributed by atoms with E-state index in [1.807, 2.05) is 0 Å². The highest BCUT2D eigenvalue weighted by Gasteiger charge is 2.35. The van der Waals surface area contributed by atoms with E-state index in [0.29, 0.717) is 0 Å². The molecule has 0 bridgehead atoms. The van der Waals surface area contributed by atoms with Gasteiger partial charge >= 0.3 is 0 Å². The third-order valence-corrected chi connectivity index (χ3v) is 11.9. The molecule has 9 aromatic rings. The van der Waals surface area contributed by atoms with Gasteiger partial charge in [0.25, 0.3) is 0 Å². The molecule has 0 aromatic heterocycles. The third kappa shape index (κ3) is 6.13. The lowest BCUT2D eigenvalue weighted by molar-refractivity contribution is 0.660. The van der Waals surface area contributed by atoms with Crippen LogP contribution in [0.1, 0.15) is 25.0 Å². The highest BCUT2D eigenvalue weighted by atomic mass is 15.1. The SMILES string of the molecule is CC1(C)c2ccccc2-c2cc(-c3ccc(N(c4ccccc4-c4ccccc4)c4cccc(-c5ccccc5)c4-c4ccccc4-c4ccccc4)cc3)ccc21. The summed E-state index contributed by atoms with van der Waals surface area (Å²) in [5.41, 5.74) is 20.6. The van der Waals surface area contributed by atoms with Gasteiger partial charge < -0.3 is 4.90 Å². The molecule has 58 heavy (non-hydrogen) atoms. The lowest BCUT2D eigenvalue weighted by Crippen LogP contribution is -2.14. The maximum absolute atomic E-state index is 2.47. The smallest absolute Gasteiger partial charge is 0.0546 e. The Labute approximate surface area is 342 Å². The van der Waals surface area contributed by atoms with E-state index in [4.69, 9.17) is 0 Å². The molecule has 1 aliphatic rings. The number of hydrogen-bond donors (Lipinski definition) is 0. The quantitative estimate of drug-likeness (QED) is 0.150. The minimum Gasteiger partial charge on any atom is -0.309 e. The van der Waals surface area contributed by atoms with E-state index in [9.17, 15) is 0 Å². The minimum absolute atomic E-state index is 0.0217. The Hall–Kier alpha value is -7.22. The van der Waals surface area contributed by atoms with Crippen molar-refractivity contribution in [2.24, 2.45) is 0 Å². The molecule has 0 N–H and O–H groups in total. The van der Waals surface area contributed by atoms with E-state index in [0.717, 1.165) is 17.1 Å². The van der Waals surface area contributed by atoms with Crippen LogP contribution >= 0.6 is 0 Å². The summed E-state index contributed by atoms with van der Waals surface area (Å²) in [5.74, 6) is 0. The molecule has 0 spiro atoms. The molecule has 0 saturated heterocycles. The fourth-order valence-corrected chi connectivity index (χ4v) is 9.08. The second-order valence-corrected chi connectivity index (χ2v) is 15.7. The molecule has 0 aliphatic heterocycles. The molecule has 10 rings (SSSR count). The molecule has 1 nitrogen and oxygen atoms in total. The van der Waals surface area contributed by atoms with Gasteiger partial charge in [0.15, 0.2) is 0 Å². The van der Waals surface area contributed by atoms with Gasteiger partial charge in [-0.3, -0.25) is 0 Å². The normalized spacial score (nSPS) is 12.4. The molecule has 9 aromatic carbocycles. The largest absolute Gasteiger partial charge is 0.309 e. The Morgan fingerprint density at radius 3 is 1.43 bits per heavy atom. The lowest BCUT2D eigenvalue weighted by Gasteiger charge is -2.31. The predicted octanol–water partition coefficient (Wildman–Crippen LogP) is 15.8. The van der Waals surface area contributed by atoms with Crippen molar-refractivity contribution in [1.29, 1.82) is 0 Å². The second kappa shape index (κ2) is 14.7. The van der Waals surface area contributed by atoms with Gasteiger partial charge in [-0.15, -0.1) is 0 Å². The Balaban J connectivity index is 1.19. The van der Waals surface area contributed by atoms with Crippen molar-refractivity contribution in [3.05, 3.63) is 236 Å². The van der Waals surface area contributed by atoms with Crippen LogP contribution in [0.5, 0.6) is 0 Å². The number of fused-ring (bicyclic) bond motifs is 3. The van der Waals surface area contributed by atoms with E-state index in [-0.39, 0.29) is 5.41 Å². The Kier molecular flexibility index (Phi) is 8.92. The Bertz CT molecular complexity index is 2890. The number of para-hydroxylation sites is 1. The molecule has 0 unspecified atom stereocenters. The summed E-state index contributed by atoms with van der Waals surface area (Å²) in [7, 11) is 0. The van der Waals surface area contributed by atoms with Crippen LogP contribution in [0.2, 0.25) is 0 Å². The highest BCUT2D eigenvalue weighted by molar-refractivity contribution is 6.02. The Morgan fingerprint density at radius 1 is 0.293 bits per heavy atom. The first-order chi connectivity index (χ1) is 28.6. The van der Waals surface area contributed by atoms with Crippen molar-refractivity contribution in [2.75, 3.05) is 4.90 Å². The lowest BCUT2D eigenvalue weighted by atomic mass is 9.82. The summed E-state index contributed by atoms with van der Waals surface area (Å²) in [6.07, 6.45) is 0. The van der Waals surface area contributed by atoms with Crippen LogP contribution in [0, 0.1) is 0 Å². The van der Waals surface area contributed by atoms with Crippen LogP contribution in [0.3, 0.4) is 0 Å². The van der Waals surface area contributed by atoms with Gasteiger partial charge in [0.05, 0.1) is 11.4 Å². The van der Waals surface area contributed by atoms with E-state index in [2.05, 4.69) is 243 Å². The van der Waals surface area contributed by atoms with Crippen molar-refractivity contribution in [2.45, 2.75) is 19.3 Å². The van der Waals surface area contributed by atoms with E-state index in [1.165, 1.54) is 77.9 Å². The first-order valence-electron chi connectivity index (χ1n) is 20.2. The number of rotatable bonds is 8. The van der Waals surface area contributed by atoms with Crippen LogP contribution < -0.4 is 4.90 Å². The van der Waals surface area contributed by atoms with Crippen LogP contribution in [0.25, 0.3) is 66.8 Å². The maximum atomic E-state index is 2.47. The van der Waals surface area contributed by atoms with Crippen molar-refractivity contribution < 1.29 is 0 Å². The highest BCUT2D eigenvalue weighted by Crippen LogP contribution is 2.51. The minimum atomic E-state index is -0.0217. The summed E-state index contributed by atoms with van der Waals surface area (Å²) in [5, 5.41) is 0. The summed E-state index contributed by atoms with van der Waals surface area (Å²) >= 11 is 0. The predicted molar refractivity (Wildman–Crippen MR) is 246 cm³/mol. The van der Waals surface area contributed by atoms with Crippen LogP contribution in [0.4, 0.5) is 17.1 Å². The van der Waals surface area contributed by atoms with Gasteiger partial charge in [0, 0.05) is 22.2 Å². The van der Waals surface area contributed by atoms with Gasteiger partial charge in [-0.25, -0.2) is 0 Å². The van der Waals surface area contributed by atoms with Gasteiger partial charge in [-0.1, -0.05) is 208 Å². The zero-order chi connectivity index (χ0) is 39.1. The van der Waals surface area contributed by atoms with E-state index in [1.54, 1.807) is 0 Å². The van der Waals surface area contributed by atoms with Gasteiger partial charge in [-0.05, 0) is 97.1 Å². The number of benzene rings is 9. The molecule has 0 radical (unpaired) electrons. The zero-order valence-electron chi connectivity index (χ0n) is 32.8. The molecule has 1 aliphatic carbocycles. The van der Waals surface area contributed by atoms with Gasteiger partial charge in [0.2, 0.25) is 0 Å². The first kappa shape index (κ1) is 35.2. The number of anilines is 3. The Morgan fingerprint density at radius 2 is 0.759 bits per heavy atom. The van der Waals surface area contributed by atoms with Crippen LogP contribution in [-0.4, -0.2) is 0 Å². The molecule has 0 heterocycles. The number of hydrogen-bond acceptors (Lipinski definition) is 1. The molecule has 0 saturated carbocycles. The molecule has 0 atom stereocenters. The monoisotopic (exact) mass is 741 g/mol. The second-order valence-electron chi connectivity index (χ2n) is 15.7. The van der Waals surface area contributed by atoms with Crippen LogP contribution in [-0.2, 0) is 5.41 Å². The van der Waals surface area contributed by atoms with E-state index >= 15 is 0 Å². The summed E-state index contributed by atoms with van der Waals surface area (Å²) in [6, 6.07) is 81.8. The van der Waals surface area contributed by atoms with Crippen molar-refractivity contribution in [3.8, 4) is 66.8 Å². The summed E-state index contributed by atoms with van der Waals surface area (Å²) in [6.45, 7) is 4.68. The summed E-state index contributed by atoms with van der Waals surface area (Å²) < 4.78 is 0. The number of nitrogens with zero attached hydrogens (tertiary/aromatic N) is 1. The molecule has 0 fully saturated rings. The van der Waals surface area contributed by atoms with Gasteiger partial charge in [0.1, 0.15) is 0 Å². The van der Waals surface area contributed by atoms with Crippen molar-refractivity contribution in [3.63, 3.8) is 0 Å². The topological polar surface area (TPSA) is 3.24 Å². The fourth-order valence-electron chi connectivity index (χ4n) is 9.08. The third-order valence-electron chi connectivity index (χ3n) is 11.9. The average Bonchev–Trinajstić information content (AvgIpc) is 3.53. The van der Waals surface area contributed by atoms with E-state index < -0.39 is 0 Å². The molecule has 1 heteroatoms. The van der Waals surface area contributed by atoms with Crippen molar-refractivity contribution >= 4 is 17.1 Å². The molecule has 0 amide bonds. The van der Waals surface area contributed by atoms with Crippen LogP contribution in [0.15, 0.2) is 224 Å². The summed E-state index contributed by atoms with van der Waals surface area (Å²) in [4.78, 5) is 2.47. The average molecular weight is 742 g/mol. The van der Waals surface area contributed by atoms with Gasteiger partial charge in [-0.2, -0.15) is 0 Å².